The molecule has 0 aliphatic carbocycles. The number of methoxy groups -OCH3 is 1. The molecule has 4 nitrogen and oxygen atoms in total. The van der Waals surface area contributed by atoms with Crippen LogP contribution >= 0.6 is 0 Å². The second-order valence-electron chi connectivity index (χ2n) is 4.08. The van der Waals surface area contributed by atoms with Crippen molar-refractivity contribution >= 4 is 0 Å². The van der Waals surface area contributed by atoms with Gasteiger partial charge in [0.1, 0.15) is 12.7 Å². The molecule has 2 aromatic rings. The Kier molecular flexibility index (Phi) is 4.89. The monoisotopic (exact) mass is 259 g/mol. The van der Waals surface area contributed by atoms with Gasteiger partial charge >= 0.3 is 0 Å². The highest BCUT2D eigenvalue weighted by molar-refractivity contribution is 5.31. The average Bonchev–Trinajstić information content (AvgIpc) is 2.48. The Morgan fingerprint density at radius 2 is 1.89 bits per heavy atom. The van der Waals surface area contributed by atoms with Crippen molar-refractivity contribution in [2.24, 2.45) is 0 Å². The van der Waals surface area contributed by atoms with Crippen molar-refractivity contribution in [3.8, 4) is 5.88 Å². The van der Waals surface area contributed by atoms with E-state index in [9.17, 15) is 5.11 Å². The predicted molar refractivity (Wildman–Crippen MR) is 72.1 cm³/mol. The number of benzene rings is 1. The second-order valence-corrected chi connectivity index (χ2v) is 4.08. The first kappa shape index (κ1) is 13.5. The van der Waals surface area contributed by atoms with Crippen molar-refractivity contribution in [1.82, 2.24) is 4.98 Å². The van der Waals surface area contributed by atoms with Crippen LogP contribution in [0.25, 0.3) is 0 Å². The van der Waals surface area contributed by atoms with E-state index in [1.807, 2.05) is 30.3 Å². The van der Waals surface area contributed by atoms with Crippen molar-refractivity contribution < 1.29 is 14.6 Å². The molecular formula is C15H17NO3. The van der Waals surface area contributed by atoms with E-state index in [2.05, 4.69) is 4.98 Å². The van der Waals surface area contributed by atoms with Crippen LogP contribution in [0.1, 0.15) is 17.2 Å². The average molecular weight is 259 g/mol. The Labute approximate surface area is 112 Å². The van der Waals surface area contributed by atoms with Crippen molar-refractivity contribution in [2.45, 2.75) is 6.10 Å². The molecule has 0 amide bonds. The molecule has 0 fully saturated rings. The highest BCUT2D eigenvalue weighted by Gasteiger charge is 2.11. The third-order valence-corrected chi connectivity index (χ3v) is 2.73. The molecule has 0 aliphatic heterocycles. The van der Waals surface area contributed by atoms with Gasteiger partial charge in [-0.15, -0.1) is 0 Å². The van der Waals surface area contributed by atoms with Crippen molar-refractivity contribution in [3.63, 3.8) is 0 Å². The molecule has 1 aromatic heterocycles. The number of nitrogens with zero attached hydrogens (tertiary/aromatic N) is 1. The molecule has 4 heteroatoms. The zero-order valence-corrected chi connectivity index (χ0v) is 10.8. The van der Waals surface area contributed by atoms with E-state index >= 15 is 0 Å². The number of aromatic nitrogens is 1. The second kappa shape index (κ2) is 6.87. The topological polar surface area (TPSA) is 51.6 Å². The number of aliphatic hydroxyl groups excluding tert-OH is 1. The van der Waals surface area contributed by atoms with Crippen LogP contribution in [0.2, 0.25) is 0 Å². The van der Waals surface area contributed by atoms with Gasteiger partial charge in [-0.25, -0.2) is 4.98 Å². The first-order valence-electron chi connectivity index (χ1n) is 6.12. The van der Waals surface area contributed by atoms with Gasteiger partial charge in [-0.1, -0.05) is 30.3 Å². The summed E-state index contributed by atoms with van der Waals surface area (Å²) >= 11 is 0. The maximum atomic E-state index is 10.3. The van der Waals surface area contributed by atoms with E-state index in [4.69, 9.17) is 9.47 Å². The van der Waals surface area contributed by atoms with Gasteiger partial charge in [0.2, 0.25) is 5.88 Å². The van der Waals surface area contributed by atoms with Gasteiger partial charge in [0.25, 0.3) is 0 Å². The maximum Gasteiger partial charge on any atom is 0.213 e. The number of pyridine rings is 1. The standard InChI is InChI=1S/C15H17NO3/c1-18-9-10-19-14-11-13(7-8-16-14)15(17)12-5-3-2-4-6-12/h2-8,11,15,17H,9-10H2,1H3. The normalized spacial score (nSPS) is 12.1. The molecule has 0 saturated carbocycles. The van der Waals surface area contributed by atoms with Crippen molar-refractivity contribution in [3.05, 3.63) is 59.8 Å². The highest BCUT2D eigenvalue weighted by Crippen LogP contribution is 2.23. The summed E-state index contributed by atoms with van der Waals surface area (Å²) in [6, 6.07) is 13.0. The Bertz CT molecular complexity index is 502. The summed E-state index contributed by atoms with van der Waals surface area (Å²) in [6.07, 6.45) is 0.956. The molecule has 100 valence electrons. The van der Waals surface area contributed by atoms with Gasteiger partial charge in [0.05, 0.1) is 6.61 Å². The van der Waals surface area contributed by atoms with Crippen LogP contribution in [0.4, 0.5) is 0 Å². The summed E-state index contributed by atoms with van der Waals surface area (Å²) in [5.74, 6) is 0.490. The van der Waals surface area contributed by atoms with Crippen LogP contribution < -0.4 is 4.74 Å². The number of hydrogen-bond acceptors (Lipinski definition) is 4. The highest BCUT2D eigenvalue weighted by atomic mass is 16.5. The third kappa shape index (κ3) is 3.77. The summed E-state index contributed by atoms with van der Waals surface area (Å²) in [7, 11) is 1.62. The minimum Gasteiger partial charge on any atom is -0.475 e. The molecule has 1 unspecified atom stereocenters. The molecule has 1 N–H and O–H groups in total. The third-order valence-electron chi connectivity index (χ3n) is 2.73. The van der Waals surface area contributed by atoms with Gasteiger partial charge in [0.15, 0.2) is 0 Å². The van der Waals surface area contributed by atoms with Crippen LogP contribution in [0.15, 0.2) is 48.7 Å². The van der Waals surface area contributed by atoms with Crippen LogP contribution in [-0.2, 0) is 4.74 Å². The summed E-state index contributed by atoms with van der Waals surface area (Å²) in [5.41, 5.74) is 1.60. The van der Waals surface area contributed by atoms with Crippen molar-refractivity contribution in [1.29, 1.82) is 0 Å². The SMILES string of the molecule is COCCOc1cc(C(O)c2ccccc2)ccn1. The fourth-order valence-corrected chi connectivity index (χ4v) is 1.73. The van der Waals surface area contributed by atoms with E-state index in [0.717, 1.165) is 11.1 Å². The maximum absolute atomic E-state index is 10.3. The molecule has 0 saturated heterocycles. The molecule has 0 aliphatic rings. The Balaban J connectivity index is 2.10. The molecule has 1 aromatic carbocycles. The summed E-state index contributed by atoms with van der Waals surface area (Å²) in [4.78, 5) is 4.10. The van der Waals surface area contributed by atoms with Crippen LogP contribution in [0, 0.1) is 0 Å². The predicted octanol–water partition coefficient (Wildman–Crippen LogP) is 2.19. The minimum atomic E-state index is -0.672. The van der Waals surface area contributed by atoms with Gasteiger partial charge in [-0.2, -0.15) is 0 Å². The molecule has 1 atom stereocenters. The minimum absolute atomic E-state index is 0.439. The first-order chi connectivity index (χ1) is 9.31. The Morgan fingerprint density at radius 3 is 2.63 bits per heavy atom. The molecule has 0 spiro atoms. The summed E-state index contributed by atoms with van der Waals surface area (Å²) < 4.78 is 10.3. The number of aliphatic hydroxyl groups is 1. The van der Waals surface area contributed by atoms with Crippen molar-refractivity contribution in [2.75, 3.05) is 20.3 Å². The number of hydrogen-bond donors (Lipinski definition) is 1. The van der Waals surface area contributed by atoms with Gasteiger partial charge in [0, 0.05) is 19.4 Å². The first-order valence-corrected chi connectivity index (χ1v) is 6.12. The summed E-state index contributed by atoms with van der Waals surface area (Å²) in [5, 5.41) is 10.3. The number of ether oxygens (including phenoxy) is 2. The van der Waals surface area contributed by atoms with Gasteiger partial charge < -0.3 is 14.6 Å². The molecular weight excluding hydrogens is 242 g/mol. The smallest absolute Gasteiger partial charge is 0.213 e. The fourth-order valence-electron chi connectivity index (χ4n) is 1.73. The van der Waals surface area contributed by atoms with Gasteiger partial charge in [-0.3, -0.25) is 0 Å². The Morgan fingerprint density at radius 1 is 1.11 bits per heavy atom. The van der Waals surface area contributed by atoms with Gasteiger partial charge in [-0.05, 0) is 17.2 Å². The van der Waals surface area contributed by atoms with Crippen LogP contribution in [0.5, 0.6) is 5.88 Å². The Hall–Kier alpha value is -1.91. The molecule has 1 heterocycles. The molecule has 19 heavy (non-hydrogen) atoms. The van der Waals surface area contributed by atoms with Crippen LogP contribution in [-0.4, -0.2) is 30.4 Å². The lowest BCUT2D eigenvalue weighted by atomic mass is 10.0. The summed E-state index contributed by atoms with van der Waals surface area (Å²) in [6.45, 7) is 0.946. The quantitative estimate of drug-likeness (QED) is 0.808. The van der Waals surface area contributed by atoms with E-state index in [-0.39, 0.29) is 0 Å². The van der Waals surface area contributed by atoms with Crippen LogP contribution in [0.3, 0.4) is 0 Å². The zero-order valence-electron chi connectivity index (χ0n) is 10.8. The molecule has 0 radical (unpaired) electrons. The van der Waals surface area contributed by atoms with E-state index in [1.165, 1.54) is 0 Å². The van der Waals surface area contributed by atoms with E-state index in [1.54, 1.807) is 25.4 Å². The van der Waals surface area contributed by atoms with E-state index in [0.29, 0.717) is 19.1 Å². The largest absolute Gasteiger partial charge is 0.475 e. The van der Waals surface area contributed by atoms with E-state index < -0.39 is 6.10 Å². The molecule has 2 rings (SSSR count). The number of rotatable bonds is 6. The molecule has 0 bridgehead atoms. The lowest BCUT2D eigenvalue weighted by Crippen LogP contribution is -2.06. The lowest BCUT2D eigenvalue weighted by Gasteiger charge is -2.12. The lowest BCUT2D eigenvalue weighted by molar-refractivity contribution is 0.143. The zero-order chi connectivity index (χ0) is 13.5. The fraction of sp³-hybridized carbons (Fsp3) is 0.267.